The zero-order chi connectivity index (χ0) is 18.9. The number of nitro groups is 1. The van der Waals surface area contributed by atoms with Gasteiger partial charge in [-0.3, -0.25) is 14.9 Å². The first kappa shape index (κ1) is 20.1. The summed E-state index contributed by atoms with van der Waals surface area (Å²) < 4.78 is 4.92. The lowest BCUT2D eigenvalue weighted by atomic mass is 9.99. The van der Waals surface area contributed by atoms with E-state index >= 15 is 0 Å². The van der Waals surface area contributed by atoms with E-state index in [1.165, 1.54) is 6.07 Å². The Morgan fingerprint density at radius 3 is 2.88 bits per heavy atom. The van der Waals surface area contributed by atoms with Gasteiger partial charge in [-0.15, -0.1) is 0 Å². The highest BCUT2D eigenvalue weighted by atomic mass is 16.6. The third kappa shape index (κ3) is 5.67. The number of nitro benzene ring substituents is 1. The maximum atomic E-state index is 12.2. The van der Waals surface area contributed by atoms with Crippen LogP contribution in [-0.2, 0) is 4.74 Å². The molecule has 144 valence electrons. The van der Waals surface area contributed by atoms with Gasteiger partial charge in [0.15, 0.2) is 0 Å². The Bertz CT molecular complexity index is 623. The molecule has 0 aliphatic carbocycles. The minimum absolute atomic E-state index is 0.00929. The summed E-state index contributed by atoms with van der Waals surface area (Å²) in [5, 5.41) is 17.4. The molecule has 0 saturated carbocycles. The molecule has 1 unspecified atom stereocenters. The molecule has 8 heteroatoms. The van der Waals surface area contributed by atoms with Crippen LogP contribution in [0.1, 0.15) is 30.1 Å². The van der Waals surface area contributed by atoms with Crippen LogP contribution < -0.4 is 15.5 Å². The minimum atomic E-state index is -0.405. The molecule has 8 nitrogen and oxygen atoms in total. The van der Waals surface area contributed by atoms with Crippen LogP contribution in [0.2, 0.25) is 0 Å². The first-order valence-corrected chi connectivity index (χ1v) is 9.04. The van der Waals surface area contributed by atoms with Crippen LogP contribution in [0.25, 0.3) is 0 Å². The molecule has 0 aromatic heterocycles. The van der Waals surface area contributed by atoms with Crippen LogP contribution >= 0.6 is 0 Å². The third-order valence-electron chi connectivity index (χ3n) is 4.50. The van der Waals surface area contributed by atoms with Gasteiger partial charge in [-0.1, -0.05) is 6.92 Å². The van der Waals surface area contributed by atoms with Gasteiger partial charge in [-0.05, 0) is 30.9 Å². The summed E-state index contributed by atoms with van der Waals surface area (Å²) in [7, 11) is 1.63. The second-order valence-corrected chi connectivity index (χ2v) is 6.65. The van der Waals surface area contributed by atoms with E-state index in [0.717, 1.165) is 25.9 Å². The van der Waals surface area contributed by atoms with Crippen LogP contribution in [-0.4, -0.2) is 57.3 Å². The molecule has 1 fully saturated rings. The average molecular weight is 364 g/mol. The number of carbonyl (C=O) groups is 1. The number of amides is 1. The summed E-state index contributed by atoms with van der Waals surface area (Å²) in [5.41, 5.74) is 0.895. The average Bonchev–Trinajstić information content (AvgIpc) is 2.63. The van der Waals surface area contributed by atoms with E-state index in [9.17, 15) is 14.9 Å². The number of nitrogens with one attached hydrogen (secondary N) is 2. The van der Waals surface area contributed by atoms with Crippen LogP contribution in [0.5, 0.6) is 0 Å². The predicted molar refractivity (Wildman–Crippen MR) is 101 cm³/mol. The molecule has 2 N–H and O–H groups in total. The molecule has 1 aliphatic rings. The highest BCUT2D eigenvalue weighted by molar-refractivity contribution is 5.95. The number of anilines is 1. The maximum absolute atomic E-state index is 12.2. The number of nitrogens with zero attached hydrogens (tertiary/aromatic N) is 2. The van der Waals surface area contributed by atoms with E-state index in [1.807, 2.05) is 4.90 Å². The molecule has 1 aliphatic heterocycles. The SMILES string of the molecule is COCCNCCNC(=O)c1ccc(N2CCCC(C)C2)c([N+](=O)[O-])c1. The van der Waals surface area contributed by atoms with Crippen molar-refractivity contribution in [2.75, 3.05) is 51.3 Å². The molecule has 1 aromatic carbocycles. The van der Waals surface area contributed by atoms with Gasteiger partial charge in [0.05, 0.1) is 11.5 Å². The van der Waals surface area contributed by atoms with E-state index in [1.54, 1.807) is 19.2 Å². The Balaban J connectivity index is 2.00. The Morgan fingerprint density at radius 2 is 2.19 bits per heavy atom. The van der Waals surface area contributed by atoms with Crippen LogP contribution in [0.3, 0.4) is 0 Å². The topological polar surface area (TPSA) is 96.7 Å². The Hall–Kier alpha value is -2.19. The van der Waals surface area contributed by atoms with Crippen molar-refractivity contribution in [3.63, 3.8) is 0 Å². The van der Waals surface area contributed by atoms with Crippen molar-refractivity contribution in [3.8, 4) is 0 Å². The Morgan fingerprint density at radius 1 is 1.38 bits per heavy atom. The van der Waals surface area contributed by atoms with E-state index in [0.29, 0.717) is 43.4 Å². The van der Waals surface area contributed by atoms with E-state index in [-0.39, 0.29) is 11.6 Å². The van der Waals surface area contributed by atoms with Crippen molar-refractivity contribution < 1.29 is 14.5 Å². The van der Waals surface area contributed by atoms with Gasteiger partial charge < -0.3 is 20.3 Å². The molecule has 1 aromatic rings. The highest BCUT2D eigenvalue weighted by Crippen LogP contribution is 2.32. The Labute approximate surface area is 154 Å². The molecule has 0 radical (unpaired) electrons. The lowest BCUT2D eigenvalue weighted by Crippen LogP contribution is -2.35. The molecule has 1 atom stereocenters. The number of carbonyl (C=O) groups excluding carboxylic acids is 1. The van der Waals surface area contributed by atoms with Crippen LogP contribution in [0.4, 0.5) is 11.4 Å². The van der Waals surface area contributed by atoms with Crippen molar-refractivity contribution in [3.05, 3.63) is 33.9 Å². The lowest BCUT2D eigenvalue weighted by molar-refractivity contribution is -0.384. The second kappa shape index (κ2) is 10.1. The molecular formula is C18H28N4O4. The smallest absolute Gasteiger partial charge is 0.293 e. The summed E-state index contributed by atoms with van der Waals surface area (Å²) in [6.07, 6.45) is 2.17. The standard InChI is InChI=1S/C18H28N4O4/c1-14-4-3-10-21(13-14)16-6-5-15(12-17(16)22(24)25)18(23)20-8-7-19-9-11-26-2/h5-6,12,14,19H,3-4,7-11,13H2,1-2H3,(H,20,23). The van der Waals surface area contributed by atoms with Gasteiger partial charge in [0.2, 0.25) is 0 Å². The minimum Gasteiger partial charge on any atom is -0.383 e. The van der Waals surface area contributed by atoms with Gasteiger partial charge in [-0.2, -0.15) is 0 Å². The van der Waals surface area contributed by atoms with Crippen LogP contribution in [0, 0.1) is 16.0 Å². The van der Waals surface area contributed by atoms with Gasteiger partial charge >= 0.3 is 0 Å². The number of rotatable bonds is 9. The van der Waals surface area contributed by atoms with Gasteiger partial charge in [0, 0.05) is 51.5 Å². The number of benzene rings is 1. The molecular weight excluding hydrogens is 336 g/mol. The maximum Gasteiger partial charge on any atom is 0.293 e. The van der Waals surface area contributed by atoms with Gasteiger partial charge in [0.1, 0.15) is 5.69 Å². The fraction of sp³-hybridized carbons (Fsp3) is 0.611. The number of hydrogen-bond donors (Lipinski definition) is 2. The third-order valence-corrected chi connectivity index (χ3v) is 4.50. The normalized spacial score (nSPS) is 17.2. The van der Waals surface area contributed by atoms with Crippen molar-refractivity contribution >= 4 is 17.3 Å². The Kier molecular flexibility index (Phi) is 7.80. The van der Waals surface area contributed by atoms with E-state index in [2.05, 4.69) is 17.6 Å². The molecule has 1 heterocycles. The largest absolute Gasteiger partial charge is 0.383 e. The molecule has 0 spiro atoms. The fourth-order valence-corrected chi connectivity index (χ4v) is 3.15. The van der Waals surface area contributed by atoms with E-state index in [4.69, 9.17) is 4.74 Å². The second-order valence-electron chi connectivity index (χ2n) is 6.65. The summed E-state index contributed by atoms with van der Waals surface area (Å²) in [5.74, 6) is 0.206. The quantitative estimate of drug-likeness (QED) is 0.394. The first-order chi connectivity index (χ1) is 12.5. The van der Waals surface area contributed by atoms with Crippen molar-refractivity contribution in [2.24, 2.45) is 5.92 Å². The highest BCUT2D eigenvalue weighted by Gasteiger charge is 2.25. The summed E-state index contributed by atoms with van der Waals surface area (Å²) in [6.45, 7) is 6.14. The summed E-state index contributed by atoms with van der Waals surface area (Å²) >= 11 is 0. The number of methoxy groups -OCH3 is 1. The molecule has 2 rings (SSSR count). The van der Waals surface area contributed by atoms with Gasteiger partial charge in [-0.25, -0.2) is 0 Å². The first-order valence-electron chi connectivity index (χ1n) is 9.04. The fourth-order valence-electron chi connectivity index (χ4n) is 3.15. The van der Waals surface area contributed by atoms with Crippen molar-refractivity contribution in [1.29, 1.82) is 0 Å². The molecule has 1 saturated heterocycles. The molecule has 0 bridgehead atoms. The van der Waals surface area contributed by atoms with Gasteiger partial charge in [0.25, 0.3) is 11.6 Å². The zero-order valence-corrected chi connectivity index (χ0v) is 15.5. The van der Waals surface area contributed by atoms with Crippen molar-refractivity contribution in [2.45, 2.75) is 19.8 Å². The molecule has 26 heavy (non-hydrogen) atoms. The zero-order valence-electron chi connectivity index (χ0n) is 15.5. The number of hydrogen-bond acceptors (Lipinski definition) is 6. The predicted octanol–water partition coefficient (Wildman–Crippen LogP) is 1.80. The lowest BCUT2D eigenvalue weighted by Gasteiger charge is -2.32. The summed E-state index contributed by atoms with van der Waals surface area (Å²) in [4.78, 5) is 25.4. The van der Waals surface area contributed by atoms with Crippen LogP contribution in [0.15, 0.2) is 18.2 Å². The number of piperidine rings is 1. The number of ether oxygens (including phenoxy) is 1. The monoisotopic (exact) mass is 364 g/mol. The van der Waals surface area contributed by atoms with Crippen molar-refractivity contribution in [1.82, 2.24) is 10.6 Å². The summed E-state index contributed by atoms with van der Waals surface area (Å²) in [6, 6.07) is 4.74. The molecule has 1 amide bonds. The van der Waals surface area contributed by atoms with E-state index < -0.39 is 4.92 Å².